The maximum atomic E-state index is 14.3. The highest BCUT2D eigenvalue weighted by Gasteiger charge is 2.38. The van der Waals surface area contributed by atoms with Crippen molar-refractivity contribution in [2.24, 2.45) is 29.6 Å². The van der Waals surface area contributed by atoms with Gasteiger partial charge in [0.2, 0.25) is 11.4 Å². The Bertz CT molecular complexity index is 4430. The number of unbranched alkanes of at least 4 members (excludes halogenated alkanes) is 12. The molecule has 0 N–H and O–H groups in total. The molecule has 574 valence electrons. The quantitative estimate of drug-likeness (QED) is 0.0207. The molecule has 0 saturated heterocycles. The number of hydrogen-bond acceptors (Lipinski definition) is 14. The number of fused-ring (bicyclic) bond motifs is 2. The molecule has 18 heteroatoms. The Labute approximate surface area is 637 Å². The van der Waals surface area contributed by atoms with E-state index in [-0.39, 0.29) is 58.4 Å². The Morgan fingerprint density at radius 1 is 0.514 bits per heavy atom. The van der Waals surface area contributed by atoms with Crippen molar-refractivity contribution >= 4 is 58.1 Å². The zero-order chi connectivity index (χ0) is 76.7. The highest BCUT2D eigenvalue weighted by Crippen LogP contribution is 2.40. The van der Waals surface area contributed by atoms with E-state index < -0.39 is 11.9 Å². The van der Waals surface area contributed by atoms with Gasteiger partial charge in [-0.15, -0.1) is 10.2 Å². The van der Waals surface area contributed by atoms with Crippen LogP contribution in [0.15, 0.2) is 72.8 Å². The van der Waals surface area contributed by atoms with Crippen LogP contribution in [-0.4, -0.2) is 107 Å². The Balaban J connectivity index is 0.000000247. The number of anilines is 2. The van der Waals surface area contributed by atoms with E-state index >= 15 is 0 Å². The minimum atomic E-state index is -0.535. The molecule has 0 amide bonds. The number of aromatic nitrogens is 6. The van der Waals surface area contributed by atoms with Crippen LogP contribution in [0.5, 0.6) is 23.0 Å². The summed E-state index contributed by atoms with van der Waals surface area (Å²) in [6.45, 7) is 50.0. The molecular formula is C89H120N10O8. The predicted octanol–water partition coefficient (Wildman–Crippen LogP) is 20.6. The van der Waals surface area contributed by atoms with Crippen molar-refractivity contribution in [3.63, 3.8) is 0 Å². The molecule has 2 aliphatic rings. The summed E-state index contributed by atoms with van der Waals surface area (Å²) in [5.41, 5.74) is 8.90. The average Bonchev–Trinajstić information content (AvgIpc) is 1.59. The van der Waals surface area contributed by atoms with Crippen molar-refractivity contribution in [1.29, 1.82) is 0 Å². The van der Waals surface area contributed by atoms with Crippen molar-refractivity contribution in [2.75, 3.05) is 63.4 Å². The van der Waals surface area contributed by atoms with Crippen LogP contribution in [0.25, 0.3) is 55.9 Å². The largest absolute Gasteiger partial charge is 0.496 e. The first kappa shape index (κ1) is 81.9. The summed E-state index contributed by atoms with van der Waals surface area (Å²) in [5.74, 6) is 3.71. The molecule has 2 fully saturated rings. The second-order valence-corrected chi connectivity index (χ2v) is 30.1. The number of ether oxygens (including phenoxy) is 6. The Hall–Kier alpha value is -9.16. The molecule has 0 radical (unpaired) electrons. The molecular weight excluding hydrogens is 1340 g/mol. The molecule has 4 aromatic heterocycles. The van der Waals surface area contributed by atoms with Crippen molar-refractivity contribution in [3.8, 4) is 45.8 Å². The third-order valence-electron chi connectivity index (χ3n) is 21.8. The smallest absolute Gasteiger partial charge is 0.331 e. The van der Waals surface area contributed by atoms with Gasteiger partial charge in [0.1, 0.15) is 46.3 Å². The maximum Gasteiger partial charge on any atom is 0.331 e. The van der Waals surface area contributed by atoms with E-state index in [9.17, 15) is 9.59 Å². The first-order valence-corrected chi connectivity index (χ1v) is 40.3. The first-order chi connectivity index (χ1) is 51.9. The summed E-state index contributed by atoms with van der Waals surface area (Å²) in [7, 11) is 3.23. The van der Waals surface area contributed by atoms with Crippen LogP contribution in [0.4, 0.5) is 22.7 Å². The summed E-state index contributed by atoms with van der Waals surface area (Å²) in [6.07, 6.45) is 27.2. The Morgan fingerprint density at radius 3 is 1.28 bits per heavy atom. The lowest BCUT2D eigenvalue weighted by atomic mass is 9.75. The standard InChI is InChI=1S/C45H61N5O4.C44H59N5O4/c1-10-13-15-16-17-18-24-53-36-21-22-39(52-9)37(29-36)43-47-44-40(45(51)54-42-32(6)25-30(4)26-33(42)7)41(46-8)38(50(44)48-43)28-34-19-20-35(27-31(34)5)49(12-3)23-14-11-2;1-9-12-14-15-16-17-26-52-35-23-24-38(51-8)36(29-35)42-46-43-39(44(50)53-41-30(4)19-18-20-31(41)5)40(45-7)37(49(43)47-42)28-33-21-22-34(27-32(33)6)48(11-3)25-13-10-2/h19-22,27-30,32-33,42H,10-18,23-26H2,1-7,9H3;21-24,27-31,41H,9-20,25-26H2,1-6,8H3/b38-28+;37-28+. The molecule has 0 bridgehead atoms. The van der Waals surface area contributed by atoms with Gasteiger partial charge in [-0.25, -0.2) is 38.3 Å². The number of carbonyl (C=O) groups excluding carboxylic acids is 2. The van der Waals surface area contributed by atoms with Gasteiger partial charge in [0.25, 0.3) is 0 Å². The number of rotatable bonds is 36. The molecule has 2 aliphatic carbocycles. The van der Waals surface area contributed by atoms with Gasteiger partial charge in [0, 0.05) is 37.6 Å². The lowest BCUT2D eigenvalue weighted by Crippen LogP contribution is -2.37. The number of nitrogens with zero attached hydrogens (tertiary/aromatic N) is 10. The third kappa shape index (κ3) is 20.4. The summed E-state index contributed by atoms with van der Waals surface area (Å²) in [6, 6.07) is 24.1. The van der Waals surface area contributed by atoms with E-state index in [2.05, 4.69) is 146 Å². The minimum absolute atomic E-state index is 0.147. The molecule has 4 aromatic carbocycles. The molecule has 107 heavy (non-hydrogen) atoms. The van der Waals surface area contributed by atoms with Gasteiger partial charge in [0.15, 0.2) is 22.9 Å². The fraction of sp³-hybridized carbons (Fsp3) is 0.551. The average molecular weight is 1460 g/mol. The van der Waals surface area contributed by atoms with Crippen LogP contribution in [0.1, 0.15) is 254 Å². The number of hydrogen-bond donors (Lipinski definition) is 0. The fourth-order valence-electron chi connectivity index (χ4n) is 15.7. The molecule has 0 spiro atoms. The topological polar surface area (TPSA) is 165 Å². The van der Waals surface area contributed by atoms with Gasteiger partial charge in [0.05, 0.1) is 62.4 Å². The van der Waals surface area contributed by atoms with Crippen LogP contribution in [0, 0.1) is 56.6 Å². The summed E-state index contributed by atoms with van der Waals surface area (Å²) >= 11 is 0. The van der Waals surface area contributed by atoms with E-state index in [1.807, 2.05) is 48.6 Å². The molecule has 10 rings (SSSR count). The van der Waals surface area contributed by atoms with E-state index in [1.54, 1.807) is 23.3 Å². The van der Waals surface area contributed by atoms with Crippen LogP contribution < -0.4 is 39.4 Å². The van der Waals surface area contributed by atoms with Crippen LogP contribution >= 0.6 is 0 Å². The summed E-state index contributed by atoms with van der Waals surface area (Å²) < 4.78 is 39.7. The van der Waals surface area contributed by atoms with Crippen molar-refractivity contribution in [2.45, 2.75) is 237 Å². The fourth-order valence-corrected chi connectivity index (χ4v) is 15.7. The second kappa shape index (κ2) is 40.2. The zero-order valence-electron chi connectivity index (χ0n) is 67.0. The minimum Gasteiger partial charge on any atom is -0.496 e. The van der Waals surface area contributed by atoms with Gasteiger partial charge >= 0.3 is 11.9 Å². The lowest BCUT2D eigenvalue weighted by molar-refractivity contribution is -0.0250. The van der Waals surface area contributed by atoms with Crippen molar-refractivity contribution in [1.82, 2.24) is 29.2 Å². The summed E-state index contributed by atoms with van der Waals surface area (Å²) in [5, 5.41) is 10.9. The van der Waals surface area contributed by atoms with Crippen LogP contribution in [0.3, 0.4) is 0 Å². The molecule has 4 atom stereocenters. The molecule has 0 aliphatic heterocycles. The van der Waals surface area contributed by atoms with Gasteiger partial charge in [-0.05, 0) is 204 Å². The lowest BCUT2D eigenvalue weighted by Gasteiger charge is -2.37. The van der Waals surface area contributed by atoms with E-state index in [1.165, 1.54) is 62.7 Å². The van der Waals surface area contributed by atoms with Crippen molar-refractivity contribution in [3.05, 3.63) is 140 Å². The monoisotopic (exact) mass is 1460 g/mol. The number of carbonyl (C=O) groups is 2. The number of aryl methyl sites for hydroxylation is 2. The highest BCUT2D eigenvalue weighted by atomic mass is 16.6. The number of esters is 2. The molecule has 4 heterocycles. The Kier molecular flexibility index (Phi) is 30.7. The van der Waals surface area contributed by atoms with Gasteiger partial charge in [-0.2, -0.15) is 0 Å². The van der Waals surface area contributed by atoms with Crippen LogP contribution in [0.2, 0.25) is 0 Å². The van der Waals surface area contributed by atoms with Gasteiger partial charge < -0.3 is 38.2 Å². The molecule has 4 unspecified atom stereocenters. The molecule has 2 saturated carbocycles. The highest BCUT2D eigenvalue weighted by molar-refractivity contribution is 6.04. The third-order valence-corrected chi connectivity index (χ3v) is 21.8. The zero-order valence-corrected chi connectivity index (χ0v) is 67.0. The van der Waals surface area contributed by atoms with Crippen LogP contribution in [-0.2, 0) is 9.47 Å². The molecule has 8 aromatic rings. The number of methoxy groups -OCH3 is 2. The maximum absolute atomic E-state index is 14.3. The van der Waals surface area contributed by atoms with Crippen molar-refractivity contribution < 1.29 is 38.0 Å². The van der Waals surface area contributed by atoms with E-state index in [4.69, 9.17) is 61.7 Å². The summed E-state index contributed by atoms with van der Waals surface area (Å²) in [4.78, 5) is 51.0. The Morgan fingerprint density at radius 2 is 0.907 bits per heavy atom. The normalized spacial score (nSPS) is 18.2. The predicted molar refractivity (Wildman–Crippen MR) is 433 cm³/mol. The first-order valence-electron chi connectivity index (χ1n) is 40.3. The van der Waals surface area contributed by atoms with E-state index in [0.29, 0.717) is 86.9 Å². The van der Waals surface area contributed by atoms with Gasteiger partial charge in [-0.3, -0.25) is 0 Å². The van der Waals surface area contributed by atoms with Gasteiger partial charge in [-0.1, -0.05) is 158 Å². The number of benzene rings is 4. The second-order valence-electron chi connectivity index (χ2n) is 30.1. The molecule has 18 nitrogen and oxygen atoms in total. The van der Waals surface area contributed by atoms with E-state index in [0.717, 1.165) is 132 Å². The SMILES string of the molecule is [C-]#[N+]c1c(C(=O)OC2C(C)CC(C)CC2C)c2nc(-c3cc(OCCCCCCCC)ccc3OC)nn2/c1=C/c1ccc(N(CC)CCCC)cc1C.[C-]#[N+]c1c(C(=O)OC2C(C)CCCC2C)c2nc(-c3cc(OCCCCCCCC)ccc3OC)nn2/c1=C/c1ccc(N(CC)CCCC)cc1C.